The van der Waals surface area contributed by atoms with Crippen molar-refractivity contribution in [3.63, 3.8) is 0 Å². The van der Waals surface area contributed by atoms with Crippen LogP contribution in [0.1, 0.15) is 52.9 Å². The van der Waals surface area contributed by atoms with Crippen LogP contribution in [0.2, 0.25) is 0 Å². The van der Waals surface area contributed by atoms with Crippen LogP contribution in [0, 0.1) is 6.92 Å². The Labute approximate surface area is 128 Å². The summed E-state index contributed by atoms with van der Waals surface area (Å²) in [5.41, 5.74) is 9.51. The highest BCUT2D eigenvalue weighted by Crippen LogP contribution is 2.36. The summed E-state index contributed by atoms with van der Waals surface area (Å²) in [4.78, 5) is 4.90. The van der Waals surface area contributed by atoms with E-state index in [1.54, 1.807) is 0 Å². The summed E-state index contributed by atoms with van der Waals surface area (Å²) in [5, 5.41) is 0. The molecular weight excluding hydrogens is 258 g/mol. The molecule has 0 bridgehead atoms. The fourth-order valence-electron chi connectivity index (χ4n) is 2.62. The van der Waals surface area contributed by atoms with E-state index in [0.29, 0.717) is 0 Å². The number of rotatable bonds is 1. The van der Waals surface area contributed by atoms with E-state index in [9.17, 15) is 0 Å². The molecule has 2 rings (SSSR count). The number of imidazole rings is 1. The lowest BCUT2D eigenvalue weighted by Crippen LogP contribution is -2.30. The lowest BCUT2D eigenvalue weighted by Gasteiger charge is -2.29. The van der Waals surface area contributed by atoms with Gasteiger partial charge in [0.05, 0.1) is 0 Å². The van der Waals surface area contributed by atoms with Crippen LogP contribution in [-0.4, -0.2) is 9.55 Å². The molecule has 0 saturated heterocycles. The Morgan fingerprint density at radius 1 is 1.05 bits per heavy atom. The molecule has 114 valence electrons. The number of nitrogens with two attached hydrogens (primary N) is 1. The fourth-order valence-corrected chi connectivity index (χ4v) is 2.62. The number of nitrogen functional groups attached to an aromatic ring is 1. The second-order valence-electron chi connectivity index (χ2n) is 7.79. The SMILES string of the molecule is Cc1cccc(-c2nc(C(C)(C)C)n(C(C)(C)C)c2N)c1. The van der Waals surface area contributed by atoms with E-state index in [2.05, 4.69) is 77.3 Å². The van der Waals surface area contributed by atoms with Crippen LogP contribution in [0.3, 0.4) is 0 Å². The van der Waals surface area contributed by atoms with Crippen LogP contribution < -0.4 is 5.73 Å². The summed E-state index contributed by atoms with van der Waals surface area (Å²) < 4.78 is 2.17. The van der Waals surface area contributed by atoms with E-state index in [0.717, 1.165) is 22.9 Å². The number of nitrogens with zero attached hydrogens (tertiary/aromatic N) is 2. The molecule has 0 atom stereocenters. The Bertz CT molecular complexity index is 652. The third kappa shape index (κ3) is 2.97. The quantitative estimate of drug-likeness (QED) is 0.838. The van der Waals surface area contributed by atoms with Gasteiger partial charge < -0.3 is 10.3 Å². The number of hydrogen-bond donors (Lipinski definition) is 1. The predicted octanol–water partition coefficient (Wildman–Crippen LogP) is 4.49. The Morgan fingerprint density at radius 3 is 2.10 bits per heavy atom. The average Bonchev–Trinajstić information content (AvgIpc) is 2.66. The van der Waals surface area contributed by atoms with Crippen LogP contribution >= 0.6 is 0 Å². The van der Waals surface area contributed by atoms with Gasteiger partial charge in [-0.05, 0) is 33.8 Å². The lowest BCUT2D eigenvalue weighted by atomic mass is 9.94. The van der Waals surface area contributed by atoms with Crippen molar-refractivity contribution in [2.24, 2.45) is 0 Å². The highest BCUT2D eigenvalue weighted by Gasteiger charge is 2.30. The molecule has 21 heavy (non-hydrogen) atoms. The van der Waals surface area contributed by atoms with E-state index in [1.807, 2.05) is 0 Å². The minimum absolute atomic E-state index is 0.0521. The molecular formula is C18H27N3. The second-order valence-corrected chi connectivity index (χ2v) is 7.79. The van der Waals surface area contributed by atoms with Gasteiger partial charge in [-0.3, -0.25) is 0 Å². The standard InChI is InChI=1S/C18H27N3/c1-12-9-8-10-13(11-12)14-15(19)21(18(5,6)7)16(20-14)17(2,3)4/h8-11H,19H2,1-7H3. The molecule has 2 N–H and O–H groups in total. The molecule has 0 saturated carbocycles. The Balaban J connectivity index is 2.74. The number of aromatic nitrogens is 2. The van der Waals surface area contributed by atoms with Gasteiger partial charge in [0.25, 0.3) is 0 Å². The molecule has 1 heterocycles. The van der Waals surface area contributed by atoms with Crippen molar-refractivity contribution >= 4 is 5.82 Å². The van der Waals surface area contributed by atoms with Crippen LogP contribution in [0.5, 0.6) is 0 Å². The normalized spacial score (nSPS) is 12.7. The molecule has 1 aromatic heterocycles. The summed E-state index contributed by atoms with van der Waals surface area (Å²) in [6, 6.07) is 8.35. The monoisotopic (exact) mass is 285 g/mol. The molecule has 3 nitrogen and oxygen atoms in total. The third-order valence-electron chi connectivity index (χ3n) is 3.55. The van der Waals surface area contributed by atoms with Crippen molar-refractivity contribution in [2.75, 3.05) is 5.73 Å². The Kier molecular flexibility index (Phi) is 3.64. The maximum atomic E-state index is 6.47. The number of anilines is 1. The molecule has 1 aromatic carbocycles. The number of hydrogen-bond acceptors (Lipinski definition) is 2. The molecule has 0 aliphatic rings. The largest absolute Gasteiger partial charge is 0.383 e. The summed E-state index contributed by atoms with van der Waals surface area (Å²) in [7, 11) is 0. The summed E-state index contributed by atoms with van der Waals surface area (Å²) in [5.74, 6) is 1.78. The minimum atomic E-state index is -0.0955. The van der Waals surface area contributed by atoms with Gasteiger partial charge in [0, 0.05) is 16.5 Å². The van der Waals surface area contributed by atoms with Gasteiger partial charge in [0.15, 0.2) is 0 Å². The zero-order valence-corrected chi connectivity index (χ0v) is 14.3. The fraction of sp³-hybridized carbons (Fsp3) is 0.500. The number of benzene rings is 1. The summed E-state index contributed by atoms with van der Waals surface area (Å²) in [6.07, 6.45) is 0. The van der Waals surface area contributed by atoms with Crippen LogP contribution in [-0.2, 0) is 11.0 Å². The highest BCUT2D eigenvalue weighted by molar-refractivity contribution is 5.72. The van der Waals surface area contributed by atoms with Crippen molar-refractivity contribution < 1.29 is 0 Å². The molecule has 2 aromatic rings. The third-order valence-corrected chi connectivity index (χ3v) is 3.55. The van der Waals surface area contributed by atoms with Gasteiger partial charge in [-0.1, -0.05) is 44.5 Å². The van der Waals surface area contributed by atoms with E-state index in [1.165, 1.54) is 5.56 Å². The van der Waals surface area contributed by atoms with Crippen molar-refractivity contribution in [2.45, 2.75) is 59.4 Å². The Hall–Kier alpha value is -1.77. The average molecular weight is 285 g/mol. The first kappa shape index (κ1) is 15.6. The van der Waals surface area contributed by atoms with Crippen molar-refractivity contribution in [1.29, 1.82) is 0 Å². The molecule has 3 heteroatoms. The van der Waals surface area contributed by atoms with E-state index in [-0.39, 0.29) is 11.0 Å². The predicted molar refractivity (Wildman–Crippen MR) is 90.5 cm³/mol. The lowest BCUT2D eigenvalue weighted by molar-refractivity contribution is 0.359. The molecule has 0 radical (unpaired) electrons. The molecule has 0 spiro atoms. The molecule has 0 aliphatic carbocycles. The van der Waals surface area contributed by atoms with Gasteiger partial charge in [0.2, 0.25) is 0 Å². The maximum Gasteiger partial charge on any atom is 0.132 e. The first-order chi connectivity index (χ1) is 9.51. The van der Waals surface area contributed by atoms with Crippen molar-refractivity contribution in [1.82, 2.24) is 9.55 Å². The van der Waals surface area contributed by atoms with Crippen LogP contribution in [0.25, 0.3) is 11.3 Å². The Morgan fingerprint density at radius 2 is 1.67 bits per heavy atom. The van der Waals surface area contributed by atoms with Gasteiger partial charge >= 0.3 is 0 Å². The second kappa shape index (κ2) is 4.90. The molecule has 0 amide bonds. The van der Waals surface area contributed by atoms with E-state index >= 15 is 0 Å². The zero-order chi connectivity index (χ0) is 16.0. The van der Waals surface area contributed by atoms with E-state index in [4.69, 9.17) is 10.7 Å². The van der Waals surface area contributed by atoms with Crippen molar-refractivity contribution in [3.05, 3.63) is 35.7 Å². The smallest absolute Gasteiger partial charge is 0.132 e. The topological polar surface area (TPSA) is 43.8 Å². The van der Waals surface area contributed by atoms with Crippen LogP contribution in [0.15, 0.2) is 24.3 Å². The molecule has 0 aliphatic heterocycles. The highest BCUT2D eigenvalue weighted by atomic mass is 15.2. The summed E-state index contributed by atoms with van der Waals surface area (Å²) in [6.45, 7) is 15.1. The summed E-state index contributed by atoms with van der Waals surface area (Å²) >= 11 is 0. The first-order valence-corrected chi connectivity index (χ1v) is 7.48. The molecule has 0 unspecified atom stereocenters. The van der Waals surface area contributed by atoms with Gasteiger partial charge in [-0.15, -0.1) is 0 Å². The van der Waals surface area contributed by atoms with E-state index < -0.39 is 0 Å². The zero-order valence-electron chi connectivity index (χ0n) is 14.3. The van der Waals surface area contributed by atoms with Crippen LogP contribution in [0.4, 0.5) is 5.82 Å². The maximum absolute atomic E-state index is 6.47. The number of aryl methyl sites for hydroxylation is 1. The van der Waals surface area contributed by atoms with Gasteiger partial charge in [0.1, 0.15) is 17.3 Å². The minimum Gasteiger partial charge on any atom is -0.383 e. The first-order valence-electron chi connectivity index (χ1n) is 7.48. The van der Waals surface area contributed by atoms with Gasteiger partial charge in [-0.25, -0.2) is 4.98 Å². The van der Waals surface area contributed by atoms with Gasteiger partial charge in [-0.2, -0.15) is 0 Å². The molecule has 0 fully saturated rings. The van der Waals surface area contributed by atoms with Crippen molar-refractivity contribution in [3.8, 4) is 11.3 Å².